The fraction of sp³-hybridized carbons (Fsp3) is 0.438. The maximum atomic E-state index is 6.10. The van der Waals surface area contributed by atoms with Crippen molar-refractivity contribution in [3.8, 4) is 0 Å². The zero-order valence-electron chi connectivity index (χ0n) is 10.7. The van der Waals surface area contributed by atoms with Gasteiger partial charge in [0.2, 0.25) is 0 Å². The Morgan fingerprint density at radius 3 is 2.67 bits per heavy atom. The topological polar surface area (TPSA) is 38.9 Å². The third-order valence-electron chi connectivity index (χ3n) is 4.45. The number of nitrogens with two attached hydrogens (primary N) is 1. The quantitative estimate of drug-likeness (QED) is 0.873. The van der Waals surface area contributed by atoms with Crippen LogP contribution >= 0.6 is 0 Å². The van der Waals surface area contributed by atoms with E-state index in [0.29, 0.717) is 0 Å². The molecule has 0 saturated heterocycles. The number of nitrogens with zero attached hydrogens (tertiary/aromatic N) is 1. The molecule has 0 aliphatic heterocycles. The highest BCUT2D eigenvalue weighted by molar-refractivity contribution is 5.82. The SMILES string of the molecule is NCC1(c2ccc3ccncc3c2)CCCCC1. The molecule has 1 aromatic heterocycles. The van der Waals surface area contributed by atoms with Crippen molar-refractivity contribution in [3.05, 3.63) is 42.2 Å². The third kappa shape index (κ3) is 1.91. The molecule has 0 unspecified atom stereocenters. The number of aromatic nitrogens is 1. The smallest absolute Gasteiger partial charge is 0.0346 e. The van der Waals surface area contributed by atoms with Crippen LogP contribution in [0.5, 0.6) is 0 Å². The van der Waals surface area contributed by atoms with E-state index in [1.54, 1.807) is 0 Å². The van der Waals surface area contributed by atoms with E-state index in [1.807, 2.05) is 12.4 Å². The van der Waals surface area contributed by atoms with Crippen LogP contribution in [0.2, 0.25) is 0 Å². The summed E-state index contributed by atoms with van der Waals surface area (Å²) in [4.78, 5) is 4.22. The molecule has 0 radical (unpaired) electrons. The Labute approximate surface area is 108 Å². The first-order valence-electron chi connectivity index (χ1n) is 6.88. The van der Waals surface area contributed by atoms with Crippen molar-refractivity contribution in [2.45, 2.75) is 37.5 Å². The Balaban J connectivity index is 2.06. The predicted octanol–water partition coefficient (Wildman–Crippen LogP) is 3.40. The fourth-order valence-electron chi connectivity index (χ4n) is 3.25. The third-order valence-corrected chi connectivity index (χ3v) is 4.45. The summed E-state index contributed by atoms with van der Waals surface area (Å²) in [7, 11) is 0. The highest BCUT2D eigenvalue weighted by atomic mass is 14.6. The first-order chi connectivity index (χ1) is 8.84. The average Bonchev–Trinajstić information content (AvgIpc) is 2.47. The molecule has 1 aromatic carbocycles. The Bertz CT molecular complexity index is 542. The molecule has 94 valence electrons. The van der Waals surface area contributed by atoms with E-state index in [2.05, 4.69) is 29.2 Å². The number of rotatable bonds is 2. The molecule has 1 heterocycles. The number of hydrogen-bond donors (Lipinski definition) is 1. The fourth-order valence-corrected chi connectivity index (χ4v) is 3.25. The molecule has 2 heteroatoms. The van der Waals surface area contributed by atoms with E-state index in [4.69, 9.17) is 5.73 Å². The lowest BCUT2D eigenvalue weighted by molar-refractivity contribution is 0.301. The van der Waals surface area contributed by atoms with Gasteiger partial charge in [0, 0.05) is 29.7 Å². The molecule has 1 fully saturated rings. The van der Waals surface area contributed by atoms with E-state index >= 15 is 0 Å². The molecule has 18 heavy (non-hydrogen) atoms. The highest BCUT2D eigenvalue weighted by Gasteiger charge is 2.32. The molecule has 1 aliphatic carbocycles. The second-order valence-corrected chi connectivity index (χ2v) is 5.48. The Morgan fingerprint density at radius 1 is 1.06 bits per heavy atom. The maximum absolute atomic E-state index is 6.10. The number of pyridine rings is 1. The van der Waals surface area contributed by atoms with Crippen LogP contribution in [0.4, 0.5) is 0 Å². The predicted molar refractivity (Wildman–Crippen MR) is 75.6 cm³/mol. The average molecular weight is 240 g/mol. The van der Waals surface area contributed by atoms with Crippen LogP contribution in [-0.4, -0.2) is 11.5 Å². The number of fused-ring (bicyclic) bond motifs is 1. The lowest BCUT2D eigenvalue weighted by Gasteiger charge is -2.37. The van der Waals surface area contributed by atoms with Crippen LogP contribution in [0.15, 0.2) is 36.7 Å². The van der Waals surface area contributed by atoms with Crippen LogP contribution in [0, 0.1) is 0 Å². The van der Waals surface area contributed by atoms with Crippen molar-refractivity contribution in [1.82, 2.24) is 4.98 Å². The molecular formula is C16H20N2. The molecule has 0 bridgehead atoms. The van der Waals surface area contributed by atoms with Gasteiger partial charge in [-0.05, 0) is 35.9 Å². The summed E-state index contributed by atoms with van der Waals surface area (Å²) < 4.78 is 0. The van der Waals surface area contributed by atoms with E-state index < -0.39 is 0 Å². The van der Waals surface area contributed by atoms with Gasteiger partial charge in [0.05, 0.1) is 0 Å². The van der Waals surface area contributed by atoms with Crippen LogP contribution in [-0.2, 0) is 5.41 Å². The monoisotopic (exact) mass is 240 g/mol. The van der Waals surface area contributed by atoms with Gasteiger partial charge in [0.1, 0.15) is 0 Å². The van der Waals surface area contributed by atoms with Crippen LogP contribution in [0.25, 0.3) is 10.8 Å². The Morgan fingerprint density at radius 2 is 1.89 bits per heavy atom. The Hall–Kier alpha value is -1.41. The van der Waals surface area contributed by atoms with Crippen LogP contribution < -0.4 is 5.73 Å². The minimum absolute atomic E-state index is 0.211. The standard InChI is InChI=1S/C16H20N2/c17-12-16(7-2-1-3-8-16)15-5-4-13-6-9-18-11-14(13)10-15/h4-6,9-11H,1-3,7-8,12,17H2. The van der Waals surface area contributed by atoms with Gasteiger partial charge in [-0.15, -0.1) is 0 Å². The van der Waals surface area contributed by atoms with Gasteiger partial charge in [0.15, 0.2) is 0 Å². The molecule has 3 rings (SSSR count). The largest absolute Gasteiger partial charge is 0.330 e. The van der Waals surface area contributed by atoms with E-state index in [1.165, 1.54) is 48.4 Å². The molecule has 2 nitrogen and oxygen atoms in total. The second-order valence-electron chi connectivity index (χ2n) is 5.48. The highest BCUT2D eigenvalue weighted by Crippen LogP contribution is 2.39. The van der Waals surface area contributed by atoms with Crippen molar-refractivity contribution in [1.29, 1.82) is 0 Å². The molecular weight excluding hydrogens is 220 g/mol. The van der Waals surface area contributed by atoms with Gasteiger partial charge < -0.3 is 5.73 Å². The normalized spacial score (nSPS) is 18.9. The van der Waals surface area contributed by atoms with Crippen molar-refractivity contribution >= 4 is 10.8 Å². The number of hydrogen-bond acceptors (Lipinski definition) is 2. The summed E-state index contributed by atoms with van der Waals surface area (Å²) in [5.74, 6) is 0. The van der Waals surface area contributed by atoms with Crippen molar-refractivity contribution in [2.75, 3.05) is 6.54 Å². The van der Waals surface area contributed by atoms with Crippen LogP contribution in [0.3, 0.4) is 0 Å². The molecule has 0 amide bonds. The molecule has 0 spiro atoms. The summed E-state index contributed by atoms with van der Waals surface area (Å²) in [6.45, 7) is 0.763. The van der Waals surface area contributed by atoms with E-state index in [-0.39, 0.29) is 5.41 Å². The zero-order valence-corrected chi connectivity index (χ0v) is 10.7. The first-order valence-corrected chi connectivity index (χ1v) is 6.88. The Kier molecular flexibility index (Phi) is 3.04. The van der Waals surface area contributed by atoms with Crippen LogP contribution in [0.1, 0.15) is 37.7 Å². The second kappa shape index (κ2) is 4.69. The van der Waals surface area contributed by atoms with E-state index in [9.17, 15) is 0 Å². The summed E-state index contributed by atoms with van der Waals surface area (Å²) >= 11 is 0. The van der Waals surface area contributed by atoms with E-state index in [0.717, 1.165) is 6.54 Å². The van der Waals surface area contributed by atoms with Gasteiger partial charge in [-0.1, -0.05) is 31.4 Å². The number of benzene rings is 1. The minimum Gasteiger partial charge on any atom is -0.330 e. The van der Waals surface area contributed by atoms with Crippen molar-refractivity contribution in [2.24, 2.45) is 5.73 Å². The van der Waals surface area contributed by atoms with Crippen molar-refractivity contribution in [3.63, 3.8) is 0 Å². The zero-order chi connectivity index (χ0) is 12.4. The molecule has 0 atom stereocenters. The minimum atomic E-state index is 0.211. The van der Waals surface area contributed by atoms with Crippen molar-refractivity contribution < 1.29 is 0 Å². The molecule has 2 aromatic rings. The van der Waals surface area contributed by atoms with Gasteiger partial charge in [-0.25, -0.2) is 0 Å². The molecule has 1 saturated carbocycles. The summed E-state index contributed by atoms with van der Waals surface area (Å²) in [5, 5.41) is 2.49. The van der Waals surface area contributed by atoms with Gasteiger partial charge in [-0.2, -0.15) is 0 Å². The summed E-state index contributed by atoms with van der Waals surface area (Å²) in [5.41, 5.74) is 7.72. The summed E-state index contributed by atoms with van der Waals surface area (Å²) in [6.07, 6.45) is 10.2. The molecule has 1 aliphatic rings. The maximum Gasteiger partial charge on any atom is 0.0346 e. The lowest BCUT2D eigenvalue weighted by Crippen LogP contribution is -2.37. The molecule has 2 N–H and O–H groups in total. The van der Waals surface area contributed by atoms with Gasteiger partial charge in [0.25, 0.3) is 0 Å². The van der Waals surface area contributed by atoms with Gasteiger partial charge in [-0.3, -0.25) is 4.98 Å². The summed E-state index contributed by atoms with van der Waals surface area (Å²) in [6, 6.07) is 8.83. The first kappa shape index (κ1) is 11.7. The van der Waals surface area contributed by atoms with Gasteiger partial charge >= 0.3 is 0 Å². The lowest BCUT2D eigenvalue weighted by atomic mass is 9.69.